The normalized spacial score (nSPS) is 11.0. The molecule has 28 heavy (non-hydrogen) atoms. The summed E-state index contributed by atoms with van der Waals surface area (Å²) in [6.45, 7) is 4.56. The molecule has 0 heterocycles. The molecule has 0 fully saturated rings. The lowest BCUT2D eigenvalue weighted by Gasteiger charge is -2.16. The molecular weight excluding hydrogens is 378 g/mol. The van der Waals surface area contributed by atoms with Gasteiger partial charge in [-0.05, 0) is 42.9 Å². The Hall–Kier alpha value is -0.540. The SMILES string of the molecule is CCCCCCCCCc1cccc(NC(=S)S)c1CCCCCCCCC. The Morgan fingerprint density at radius 3 is 1.79 bits per heavy atom. The van der Waals surface area contributed by atoms with Gasteiger partial charge in [-0.2, -0.15) is 0 Å². The van der Waals surface area contributed by atoms with Crippen LogP contribution in [0.3, 0.4) is 0 Å². The van der Waals surface area contributed by atoms with Crippen LogP contribution in [0, 0.1) is 0 Å². The predicted octanol–water partition coefficient (Wildman–Crippen LogP) is 8.90. The molecule has 0 radical (unpaired) electrons. The molecule has 1 rings (SSSR count). The molecule has 1 aromatic rings. The zero-order chi connectivity index (χ0) is 20.5. The standard InChI is InChI=1S/C25H43NS2/c1-3-5-7-9-11-13-15-18-22-19-17-21-24(26-25(27)28)23(22)20-16-14-12-10-8-6-4-2/h17,19,21H,3-16,18,20H2,1-2H3,(H2,26,27,28). The van der Waals surface area contributed by atoms with E-state index in [1.165, 1.54) is 113 Å². The quantitative estimate of drug-likeness (QED) is 0.148. The van der Waals surface area contributed by atoms with Crippen LogP contribution in [0.15, 0.2) is 18.2 Å². The molecule has 0 aliphatic heterocycles. The molecule has 0 aromatic heterocycles. The highest BCUT2D eigenvalue weighted by Crippen LogP contribution is 2.25. The van der Waals surface area contributed by atoms with Crippen LogP contribution in [-0.2, 0) is 12.8 Å². The first-order valence-electron chi connectivity index (χ1n) is 11.8. The number of hydrogen-bond acceptors (Lipinski definition) is 1. The van der Waals surface area contributed by atoms with Gasteiger partial charge in [-0.15, -0.1) is 12.6 Å². The van der Waals surface area contributed by atoms with Crippen LogP contribution in [-0.4, -0.2) is 4.32 Å². The molecule has 0 aliphatic carbocycles. The lowest BCUT2D eigenvalue weighted by molar-refractivity contribution is 0.583. The lowest BCUT2D eigenvalue weighted by atomic mass is 9.94. The van der Waals surface area contributed by atoms with E-state index in [0.29, 0.717) is 4.32 Å². The van der Waals surface area contributed by atoms with Gasteiger partial charge in [0, 0.05) is 5.69 Å². The Bertz CT molecular complexity index is 527. The van der Waals surface area contributed by atoms with Gasteiger partial charge in [0.15, 0.2) is 0 Å². The third-order valence-electron chi connectivity index (χ3n) is 5.59. The fourth-order valence-corrected chi connectivity index (χ4v) is 4.16. The molecule has 0 spiro atoms. The maximum Gasteiger partial charge on any atom is 0.135 e. The summed E-state index contributed by atoms with van der Waals surface area (Å²) >= 11 is 9.48. The van der Waals surface area contributed by atoms with Crippen molar-refractivity contribution in [1.82, 2.24) is 0 Å². The Labute approximate surface area is 185 Å². The van der Waals surface area contributed by atoms with Crippen molar-refractivity contribution in [2.75, 3.05) is 5.32 Å². The minimum atomic E-state index is 0.564. The average Bonchev–Trinajstić information content (AvgIpc) is 2.67. The summed E-state index contributed by atoms with van der Waals surface area (Å²) in [5.74, 6) is 0. The van der Waals surface area contributed by atoms with E-state index in [9.17, 15) is 0 Å². The van der Waals surface area contributed by atoms with Crippen LogP contribution in [0.25, 0.3) is 0 Å². The number of anilines is 1. The zero-order valence-electron chi connectivity index (χ0n) is 18.4. The minimum absolute atomic E-state index is 0.564. The Morgan fingerprint density at radius 1 is 0.750 bits per heavy atom. The highest BCUT2D eigenvalue weighted by Gasteiger charge is 2.09. The molecule has 0 bridgehead atoms. The van der Waals surface area contributed by atoms with E-state index in [0.717, 1.165) is 6.42 Å². The van der Waals surface area contributed by atoms with E-state index in [1.807, 2.05) is 0 Å². The van der Waals surface area contributed by atoms with Crippen molar-refractivity contribution in [2.24, 2.45) is 0 Å². The molecule has 1 nitrogen and oxygen atoms in total. The molecular formula is C25H43NS2. The van der Waals surface area contributed by atoms with Crippen LogP contribution >= 0.6 is 24.8 Å². The van der Waals surface area contributed by atoms with E-state index < -0.39 is 0 Å². The smallest absolute Gasteiger partial charge is 0.135 e. The maximum absolute atomic E-state index is 5.18. The van der Waals surface area contributed by atoms with E-state index in [4.69, 9.17) is 12.2 Å². The van der Waals surface area contributed by atoms with E-state index >= 15 is 0 Å². The third kappa shape index (κ3) is 12.1. The maximum atomic E-state index is 5.18. The van der Waals surface area contributed by atoms with Crippen LogP contribution in [0.2, 0.25) is 0 Å². The number of thiocarbonyl (C=S) groups is 1. The third-order valence-corrected chi connectivity index (χ3v) is 5.81. The molecule has 3 heteroatoms. The monoisotopic (exact) mass is 421 g/mol. The number of benzene rings is 1. The number of aryl methyl sites for hydroxylation is 1. The summed E-state index contributed by atoms with van der Waals surface area (Å²) < 4.78 is 0.564. The molecule has 0 atom stereocenters. The van der Waals surface area contributed by atoms with E-state index in [-0.39, 0.29) is 0 Å². The molecule has 0 saturated heterocycles. The summed E-state index contributed by atoms with van der Waals surface area (Å²) in [6, 6.07) is 6.65. The van der Waals surface area contributed by atoms with Crippen molar-refractivity contribution < 1.29 is 0 Å². The van der Waals surface area contributed by atoms with Gasteiger partial charge < -0.3 is 5.32 Å². The summed E-state index contributed by atoms with van der Waals surface area (Å²) in [6.07, 6.45) is 21.3. The van der Waals surface area contributed by atoms with Crippen LogP contribution in [0.5, 0.6) is 0 Å². The number of unbranched alkanes of at least 4 members (excludes halogenated alkanes) is 12. The second kappa shape index (κ2) is 17.3. The molecule has 0 amide bonds. The second-order valence-corrected chi connectivity index (χ2v) is 9.27. The second-order valence-electron chi connectivity index (χ2n) is 8.12. The van der Waals surface area contributed by atoms with Crippen molar-refractivity contribution in [3.63, 3.8) is 0 Å². The Kier molecular flexibility index (Phi) is 15.8. The first kappa shape index (κ1) is 25.5. The minimum Gasteiger partial charge on any atom is -0.341 e. The van der Waals surface area contributed by atoms with E-state index in [1.54, 1.807) is 0 Å². The summed E-state index contributed by atoms with van der Waals surface area (Å²) in [5.41, 5.74) is 4.15. The van der Waals surface area contributed by atoms with Gasteiger partial charge in [0.25, 0.3) is 0 Å². The Balaban J connectivity index is 2.51. The molecule has 0 aliphatic rings. The largest absolute Gasteiger partial charge is 0.341 e. The van der Waals surface area contributed by atoms with Crippen LogP contribution in [0.4, 0.5) is 5.69 Å². The molecule has 0 unspecified atom stereocenters. The molecule has 160 valence electrons. The number of hydrogen-bond donors (Lipinski definition) is 2. The summed E-state index contributed by atoms with van der Waals surface area (Å²) in [7, 11) is 0. The number of nitrogens with one attached hydrogen (secondary N) is 1. The number of thiol groups is 1. The van der Waals surface area contributed by atoms with Crippen molar-refractivity contribution in [3.05, 3.63) is 29.3 Å². The van der Waals surface area contributed by atoms with Gasteiger partial charge in [-0.3, -0.25) is 0 Å². The van der Waals surface area contributed by atoms with Gasteiger partial charge in [0.05, 0.1) is 0 Å². The molecule has 0 saturated carbocycles. The van der Waals surface area contributed by atoms with Crippen LogP contribution in [0.1, 0.15) is 115 Å². The molecule has 1 aromatic carbocycles. The highest BCUT2D eigenvalue weighted by atomic mass is 32.1. The lowest BCUT2D eigenvalue weighted by Crippen LogP contribution is -2.07. The average molecular weight is 422 g/mol. The number of rotatable bonds is 17. The molecule has 1 N–H and O–H groups in total. The van der Waals surface area contributed by atoms with Gasteiger partial charge in [-0.25, -0.2) is 0 Å². The topological polar surface area (TPSA) is 12.0 Å². The predicted molar refractivity (Wildman–Crippen MR) is 135 cm³/mol. The first-order chi connectivity index (χ1) is 13.7. The van der Waals surface area contributed by atoms with Gasteiger partial charge in [0.1, 0.15) is 4.32 Å². The fourth-order valence-electron chi connectivity index (χ4n) is 3.93. The zero-order valence-corrected chi connectivity index (χ0v) is 20.1. The highest BCUT2D eigenvalue weighted by molar-refractivity contribution is 8.11. The van der Waals surface area contributed by atoms with Crippen LogP contribution < -0.4 is 5.32 Å². The van der Waals surface area contributed by atoms with Gasteiger partial charge in [0.2, 0.25) is 0 Å². The fraction of sp³-hybridized carbons (Fsp3) is 0.720. The van der Waals surface area contributed by atoms with Crippen molar-refractivity contribution in [2.45, 2.75) is 117 Å². The van der Waals surface area contributed by atoms with Crippen molar-refractivity contribution >= 4 is 34.9 Å². The van der Waals surface area contributed by atoms with E-state index in [2.05, 4.69) is 50.0 Å². The Morgan fingerprint density at radius 2 is 1.25 bits per heavy atom. The summed E-state index contributed by atoms with van der Waals surface area (Å²) in [5, 5.41) is 3.30. The summed E-state index contributed by atoms with van der Waals surface area (Å²) in [4.78, 5) is 0. The van der Waals surface area contributed by atoms with Gasteiger partial charge in [-0.1, -0.05) is 115 Å². The first-order valence-corrected chi connectivity index (χ1v) is 12.6. The van der Waals surface area contributed by atoms with Crippen molar-refractivity contribution in [1.29, 1.82) is 0 Å². The van der Waals surface area contributed by atoms with Gasteiger partial charge >= 0.3 is 0 Å². The van der Waals surface area contributed by atoms with Crippen molar-refractivity contribution in [3.8, 4) is 0 Å².